The Labute approximate surface area is 134 Å². The van der Waals surface area contributed by atoms with Gasteiger partial charge in [0, 0.05) is 57.1 Å². The van der Waals surface area contributed by atoms with Crippen molar-refractivity contribution in [2.75, 3.05) is 19.6 Å². The molecule has 122 valence electrons. The van der Waals surface area contributed by atoms with Crippen LogP contribution in [0.15, 0.2) is 30.6 Å². The van der Waals surface area contributed by atoms with Crippen LogP contribution >= 0.6 is 0 Å². The average Bonchev–Trinajstić information content (AvgIpc) is 3.12. The Kier molecular flexibility index (Phi) is 4.66. The summed E-state index contributed by atoms with van der Waals surface area (Å²) in [6, 6.07) is 5.92. The molecule has 1 fully saturated rings. The van der Waals surface area contributed by atoms with Gasteiger partial charge in [-0.25, -0.2) is 0 Å². The Morgan fingerprint density at radius 2 is 2.26 bits per heavy atom. The van der Waals surface area contributed by atoms with Gasteiger partial charge >= 0.3 is 5.97 Å². The van der Waals surface area contributed by atoms with Gasteiger partial charge in [-0.1, -0.05) is 11.3 Å². The zero-order chi connectivity index (χ0) is 16.2. The van der Waals surface area contributed by atoms with E-state index < -0.39 is 5.97 Å². The molecule has 23 heavy (non-hydrogen) atoms. The molecule has 3 heterocycles. The van der Waals surface area contributed by atoms with Crippen molar-refractivity contribution in [1.29, 1.82) is 0 Å². The lowest BCUT2D eigenvalue weighted by atomic mass is 9.91. The summed E-state index contributed by atoms with van der Waals surface area (Å²) in [5, 5.41) is 17.3. The first kappa shape index (κ1) is 15.6. The van der Waals surface area contributed by atoms with Gasteiger partial charge in [-0.05, 0) is 18.1 Å². The Morgan fingerprint density at radius 3 is 2.91 bits per heavy atom. The highest BCUT2D eigenvalue weighted by Crippen LogP contribution is 2.33. The summed E-state index contributed by atoms with van der Waals surface area (Å²) in [4.78, 5) is 17.8. The van der Waals surface area contributed by atoms with Crippen molar-refractivity contribution < 1.29 is 9.90 Å². The third-order valence-corrected chi connectivity index (χ3v) is 4.36. The summed E-state index contributed by atoms with van der Waals surface area (Å²) in [7, 11) is 1.83. The normalized spacial score (nSPS) is 21.6. The van der Waals surface area contributed by atoms with Gasteiger partial charge in [0.2, 0.25) is 0 Å². The smallest absolute Gasteiger partial charge is 0.303 e. The van der Waals surface area contributed by atoms with E-state index in [-0.39, 0.29) is 18.3 Å². The first-order valence-corrected chi connectivity index (χ1v) is 7.82. The molecule has 1 N–H and O–H groups in total. The monoisotopic (exact) mass is 315 g/mol. The second-order valence-electron chi connectivity index (χ2n) is 6.11. The lowest BCUT2D eigenvalue weighted by molar-refractivity contribution is -0.138. The zero-order valence-electron chi connectivity index (χ0n) is 13.2. The van der Waals surface area contributed by atoms with Gasteiger partial charge in [-0.2, -0.15) is 0 Å². The van der Waals surface area contributed by atoms with E-state index in [2.05, 4.69) is 20.2 Å². The van der Waals surface area contributed by atoms with Gasteiger partial charge in [-0.15, -0.1) is 5.10 Å². The number of hydrogen-bond acceptors (Lipinski definition) is 5. The molecule has 2 aromatic heterocycles. The van der Waals surface area contributed by atoms with Gasteiger partial charge in [0.15, 0.2) is 0 Å². The maximum atomic E-state index is 11.2. The highest BCUT2D eigenvalue weighted by molar-refractivity contribution is 5.67. The summed E-state index contributed by atoms with van der Waals surface area (Å²) in [5.41, 5.74) is 1.95. The van der Waals surface area contributed by atoms with Crippen molar-refractivity contribution in [3.8, 4) is 0 Å². The summed E-state index contributed by atoms with van der Waals surface area (Å²) in [6.07, 6.45) is 4.73. The van der Waals surface area contributed by atoms with Crippen molar-refractivity contribution >= 4 is 5.97 Å². The maximum Gasteiger partial charge on any atom is 0.303 e. The van der Waals surface area contributed by atoms with Crippen molar-refractivity contribution in [3.05, 3.63) is 42.0 Å². The molecule has 0 aromatic carbocycles. The molecule has 3 rings (SSSR count). The van der Waals surface area contributed by atoms with Crippen molar-refractivity contribution in [3.63, 3.8) is 0 Å². The topological polar surface area (TPSA) is 84.1 Å². The van der Waals surface area contributed by atoms with Gasteiger partial charge in [0.05, 0.1) is 12.1 Å². The minimum atomic E-state index is -0.754. The van der Waals surface area contributed by atoms with Crippen molar-refractivity contribution in [1.82, 2.24) is 24.9 Å². The van der Waals surface area contributed by atoms with E-state index in [1.807, 2.05) is 31.4 Å². The quantitative estimate of drug-likeness (QED) is 0.854. The van der Waals surface area contributed by atoms with E-state index in [0.717, 1.165) is 37.4 Å². The zero-order valence-corrected chi connectivity index (χ0v) is 13.2. The molecule has 1 aliphatic rings. The Morgan fingerprint density at radius 1 is 1.39 bits per heavy atom. The average molecular weight is 315 g/mol. The molecule has 7 heteroatoms. The molecule has 0 unspecified atom stereocenters. The molecule has 0 radical (unpaired) electrons. The minimum Gasteiger partial charge on any atom is -0.481 e. The van der Waals surface area contributed by atoms with Gasteiger partial charge < -0.3 is 10.0 Å². The number of carboxylic acids is 1. The molecule has 0 aliphatic carbocycles. The predicted molar refractivity (Wildman–Crippen MR) is 83.9 cm³/mol. The van der Waals surface area contributed by atoms with E-state index >= 15 is 0 Å². The number of carbonyl (C=O) groups is 1. The van der Waals surface area contributed by atoms with Crippen LogP contribution in [0, 0.1) is 5.92 Å². The van der Waals surface area contributed by atoms with Crippen LogP contribution < -0.4 is 0 Å². The number of likely N-dealkylation sites (tertiary alicyclic amines) is 1. The highest BCUT2D eigenvalue weighted by atomic mass is 16.4. The fourth-order valence-corrected chi connectivity index (χ4v) is 3.26. The number of aliphatic carboxylic acids is 1. The van der Waals surface area contributed by atoms with E-state index in [9.17, 15) is 4.79 Å². The molecule has 0 spiro atoms. The van der Waals surface area contributed by atoms with Crippen LogP contribution in [0.5, 0.6) is 0 Å². The second-order valence-corrected chi connectivity index (χ2v) is 6.11. The van der Waals surface area contributed by atoms with Crippen LogP contribution in [0.1, 0.15) is 23.7 Å². The number of hydrogen-bond donors (Lipinski definition) is 1. The van der Waals surface area contributed by atoms with Crippen LogP contribution in [0.3, 0.4) is 0 Å². The molecule has 1 saturated heterocycles. The summed E-state index contributed by atoms with van der Waals surface area (Å²) in [5.74, 6) is -0.549. The highest BCUT2D eigenvalue weighted by Gasteiger charge is 2.36. The van der Waals surface area contributed by atoms with E-state index in [1.54, 1.807) is 10.9 Å². The molecule has 7 nitrogen and oxygen atoms in total. The van der Waals surface area contributed by atoms with Crippen LogP contribution in [-0.4, -0.2) is 55.6 Å². The molecule has 1 aliphatic heterocycles. The number of aryl methyl sites for hydroxylation is 1. The molecular formula is C16H21N5O2. The Bertz CT molecular complexity index is 658. The Balaban J connectivity index is 1.66. The molecule has 2 aromatic rings. The summed E-state index contributed by atoms with van der Waals surface area (Å²) >= 11 is 0. The fourth-order valence-electron chi connectivity index (χ4n) is 3.26. The number of rotatable bonds is 6. The van der Waals surface area contributed by atoms with E-state index in [1.165, 1.54) is 0 Å². The standard InChI is InChI=1S/C16H21N5O2/c1-20-11-15(18-19-20)14-10-21(9-12(14)8-16(22)23)7-5-13-4-2-3-6-17-13/h2-4,6,11-12,14H,5,7-10H2,1H3,(H,22,23)/t12-,14+/m0/s1. The Hall–Kier alpha value is -2.28. The number of pyridine rings is 1. The summed E-state index contributed by atoms with van der Waals surface area (Å²) in [6.45, 7) is 2.48. The molecule has 0 amide bonds. The van der Waals surface area contributed by atoms with E-state index in [0.29, 0.717) is 0 Å². The molecule has 0 bridgehead atoms. The van der Waals surface area contributed by atoms with Crippen LogP contribution in [0.25, 0.3) is 0 Å². The van der Waals surface area contributed by atoms with Crippen molar-refractivity contribution in [2.24, 2.45) is 13.0 Å². The number of aromatic nitrogens is 4. The molecule has 2 atom stereocenters. The lowest BCUT2D eigenvalue weighted by Crippen LogP contribution is -2.24. The van der Waals surface area contributed by atoms with Crippen molar-refractivity contribution in [2.45, 2.75) is 18.8 Å². The first-order chi connectivity index (χ1) is 11.1. The molecular weight excluding hydrogens is 294 g/mol. The number of nitrogens with zero attached hydrogens (tertiary/aromatic N) is 5. The molecule has 0 saturated carbocycles. The third kappa shape index (κ3) is 3.92. The predicted octanol–water partition coefficient (Wildman–Crippen LogP) is 0.943. The van der Waals surface area contributed by atoms with Gasteiger partial charge in [0.25, 0.3) is 0 Å². The fraction of sp³-hybridized carbons (Fsp3) is 0.500. The lowest BCUT2D eigenvalue weighted by Gasteiger charge is -2.14. The first-order valence-electron chi connectivity index (χ1n) is 7.82. The van der Waals surface area contributed by atoms with E-state index in [4.69, 9.17) is 5.11 Å². The third-order valence-electron chi connectivity index (χ3n) is 4.36. The minimum absolute atomic E-state index is 0.0768. The van der Waals surface area contributed by atoms with Crippen LogP contribution in [-0.2, 0) is 18.3 Å². The number of carboxylic acid groups (broad SMARTS) is 1. The van der Waals surface area contributed by atoms with Gasteiger partial charge in [0.1, 0.15) is 0 Å². The summed E-state index contributed by atoms with van der Waals surface area (Å²) < 4.78 is 1.67. The van der Waals surface area contributed by atoms with Gasteiger partial charge in [-0.3, -0.25) is 14.5 Å². The second kappa shape index (κ2) is 6.87. The maximum absolute atomic E-state index is 11.2. The van der Waals surface area contributed by atoms with Crippen LogP contribution in [0.4, 0.5) is 0 Å². The SMILES string of the molecule is Cn1cc([C@@H]2CN(CCc3ccccn3)C[C@@H]2CC(=O)O)nn1. The largest absolute Gasteiger partial charge is 0.481 e. The van der Waals surface area contributed by atoms with Crippen LogP contribution in [0.2, 0.25) is 0 Å².